The van der Waals surface area contributed by atoms with Crippen LogP contribution in [0.5, 0.6) is 5.75 Å². The van der Waals surface area contributed by atoms with Crippen LogP contribution in [0.15, 0.2) is 98.6 Å². The van der Waals surface area contributed by atoms with Crippen LogP contribution in [0.3, 0.4) is 0 Å². The summed E-state index contributed by atoms with van der Waals surface area (Å²) in [4.78, 5) is 81.0. The van der Waals surface area contributed by atoms with Gasteiger partial charge in [-0.25, -0.2) is 34.3 Å². The molecule has 1 aromatic carbocycles. The van der Waals surface area contributed by atoms with E-state index in [1.165, 1.54) is 68.3 Å². The highest BCUT2D eigenvalue weighted by Crippen LogP contribution is 2.41. The monoisotopic (exact) mass is 1610 g/mol. The number of imidazole rings is 3. The third-order valence-electron chi connectivity index (χ3n) is 20.4. The van der Waals surface area contributed by atoms with Crippen LogP contribution in [0, 0.1) is 5.82 Å². The lowest BCUT2D eigenvalue weighted by Gasteiger charge is -2.35. The van der Waals surface area contributed by atoms with E-state index in [1.54, 1.807) is 47.4 Å². The first-order valence-corrected chi connectivity index (χ1v) is 37.7. The fourth-order valence-electron chi connectivity index (χ4n) is 14.3. The zero-order valence-electron chi connectivity index (χ0n) is 63.4. The number of pyridine rings is 4. The van der Waals surface area contributed by atoms with Crippen molar-refractivity contribution in [3.05, 3.63) is 110 Å². The molecule has 13 rings (SSSR count). The van der Waals surface area contributed by atoms with Gasteiger partial charge in [-0.3, -0.25) is 46.8 Å². The summed E-state index contributed by atoms with van der Waals surface area (Å²) in [5, 5.41) is 101. The molecule has 626 valence electrons. The predicted molar refractivity (Wildman–Crippen MR) is 413 cm³/mol. The first kappa shape index (κ1) is 87.3. The number of unbranched alkanes of at least 4 members (excludes halogenated alkanes) is 1. The second-order valence-electron chi connectivity index (χ2n) is 28.3. The van der Waals surface area contributed by atoms with Crippen LogP contribution >= 0.6 is 0 Å². The van der Waals surface area contributed by atoms with Crippen molar-refractivity contribution in [2.24, 2.45) is 22.9 Å². The molecule has 8 unspecified atom stereocenters. The van der Waals surface area contributed by atoms with Crippen molar-refractivity contribution < 1.29 is 92.9 Å². The van der Waals surface area contributed by atoms with Crippen LogP contribution in [0.1, 0.15) is 109 Å². The topological polar surface area (TPSA) is 645 Å². The van der Waals surface area contributed by atoms with Gasteiger partial charge in [0.05, 0.1) is 129 Å². The average Bonchev–Trinajstić information content (AvgIpc) is 1.63. The minimum atomic E-state index is -1.25. The number of carbonyl (C=O) groups excluding carboxylic acids is 4. The van der Waals surface area contributed by atoms with Crippen LogP contribution in [0.25, 0.3) is 44.4 Å². The summed E-state index contributed by atoms with van der Waals surface area (Å²) in [5.74, 6) is -2.42. The molecule has 0 radical (unpaired) electrons. The van der Waals surface area contributed by atoms with Gasteiger partial charge in [0, 0.05) is 43.2 Å². The number of benzene rings is 1. The van der Waals surface area contributed by atoms with Crippen molar-refractivity contribution in [1.29, 1.82) is 0 Å². The normalized spacial score (nSPS) is 25.5. The van der Waals surface area contributed by atoms with Crippen LogP contribution in [-0.4, -0.2) is 258 Å². The average molecular weight is 1610 g/mol. The number of aliphatic hydroxyl groups is 8. The molecule has 12 heterocycles. The first-order valence-electron chi connectivity index (χ1n) is 37.7. The number of halogens is 2. The number of ether oxygens (including phenoxy) is 4. The number of carbonyl (C=O) groups is 4. The maximum absolute atomic E-state index is 14.3. The highest BCUT2D eigenvalue weighted by molar-refractivity contribution is 5.94. The minimum Gasteiger partial charge on any atom is -0.506 e. The minimum absolute atomic E-state index is 0.0744. The van der Waals surface area contributed by atoms with Crippen LogP contribution in [0.2, 0.25) is 0 Å². The van der Waals surface area contributed by atoms with Gasteiger partial charge >= 0.3 is 0 Å². The quantitative estimate of drug-likeness (QED) is 0.0241. The molecule has 115 heavy (non-hydrogen) atoms. The van der Waals surface area contributed by atoms with Crippen LogP contribution in [0.4, 0.5) is 31.5 Å². The SMILES string of the molecule is CCCC(N)C(=O)N(Cc1cccnc1)C1[C@@H](CO)O[C@@H](n2cnc3c(N)ccnc32)[C@H]1O.CCCC(N)C(=O)NC1[C@@H](CO)O[C@@H](n2cnc3c(N)ccc(F)c32)[C@H]1O.CCCCC(N)C(=O)NC1[C@@H](CO)O[C@@H](n2cc(O)c3c(N)ccnc32)[C@H]1O.Nc1ccnc2c1ncn2[C@@H]1O[C@H](CO)C(NC(=O)C(N)CCCF)[C@@H]1O. The maximum atomic E-state index is 14.3. The lowest BCUT2D eigenvalue weighted by atomic mass is 10.0. The molecule has 20 atom stereocenters. The number of fused-ring (bicyclic) bond motifs is 4. The standard InChI is InChI=1S/C22H29N7O4.C18H27N5O5.C17H24FN5O4.C16H23FN6O4/c1-2-4-15(24)21(32)28(10-13-5-3-7-25-9-13)18-16(11-30)33-22(19(18)31)29-12-27-17-14(23)6-8-26-20(17)29;1-2-3-4-10(20)17(27)22-14-12(8-24)28-18(15(14)26)23-7-11(25)13-9(19)5-6-21-16(13)23;1-2-3-10(20)16(26)22-13-11(6-24)27-17(15(13)25)23-7-21-12-9(19)5-4-8(18)14(12)23;17-4-1-2-9(19)15(26)22-12-10(6-24)27-16(13(12)25)23-7-21-11-8(18)3-5-20-14(11)23/h3,5-9,12,15-16,18-19,22,30-31H,2,4,10-11,24H2,1H3,(H2,23,26);5-7,10,12,14-15,18,24-26H,2-4,8,20H2,1H3,(H2,19,21)(H,22,27);4-5,7,10-11,13,15,17,24-25H,2-3,6,19-20H2,1H3,(H,22,26);3,5,7,9-10,12-13,16,24-25H,1-2,4,6,19H2,(H2,18,20)(H,22,26)/t15?,16-,18?,19+,22-;10?,12-,14?,15+,18-;10?,11-,13?,15+,17-;9?,10-,12?,13+,16-/m1111/s1. The zero-order chi connectivity index (χ0) is 83.2. The third-order valence-corrected chi connectivity index (χ3v) is 20.4. The molecule has 0 saturated carbocycles. The number of rotatable bonds is 28. The Morgan fingerprint density at radius 1 is 0.513 bits per heavy atom. The highest BCUT2D eigenvalue weighted by Gasteiger charge is 2.52. The Kier molecular flexibility index (Phi) is 30.0. The molecule has 40 nitrogen and oxygen atoms in total. The summed E-state index contributed by atoms with van der Waals surface area (Å²) in [5.41, 5.74) is 51.8. The smallest absolute Gasteiger partial charge is 0.240 e. The molecule has 4 amide bonds. The van der Waals surface area contributed by atoms with Crippen molar-refractivity contribution in [1.82, 2.24) is 74.0 Å². The van der Waals surface area contributed by atoms with Gasteiger partial charge in [-0.1, -0.05) is 52.5 Å². The molecule has 4 aliphatic rings. The fourth-order valence-corrected chi connectivity index (χ4v) is 14.3. The van der Waals surface area contributed by atoms with E-state index in [4.69, 9.17) is 64.8 Å². The molecule has 0 bridgehead atoms. The van der Waals surface area contributed by atoms with Gasteiger partial charge < -0.3 is 132 Å². The summed E-state index contributed by atoms with van der Waals surface area (Å²) in [6, 6.07) is 4.37. The second-order valence-corrected chi connectivity index (χ2v) is 28.3. The molecule has 4 aliphatic heterocycles. The molecule has 28 N–H and O–H groups in total. The molecule has 0 spiro atoms. The number of hydrogen-bond donors (Lipinski definition) is 20. The van der Waals surface area contributed by atoms with E-state index in [9.17, 15) is 73.9 Å². The van der Waals surface area contributed by atoms with Crippen molar-refractivity contribution in [2.45, 2.75) is 207 Å². The maximum Gasteiger partial charge on any atom is 0.240 e. The molecule has 42 heteroatoms. The molecule has 8 aromatic heterocycles. The number of nitrogens with two attached hydrogens (primary N) is 8. The molecular weight excluding hydrogens is 1510 g/mol. The number of nitrogens with one attached hydrogen (secondary N) is 3. The Balaban J connectivity index is 0.000000163. The Morgan fingerprint density at radius 2 is 0.948 bits per heavy atom. The molecule has 0 aliphatic carbocycles. The fraction of sp³-hybridized carbons (Fsp3) is 0.521. The van der Waals surface area contributed by atoms with Crippen LogP contribution < -0.4 is 61.8 Å². The number of nitrogen functional groups attached to an aromatic ring is 4. The highest BCUT2D eigenvalue weighted by atomic mass is 19.1. The van der Waals surface area contributed by atoms with Gasteiger partial charge in [-0.05, 0) is 74.1 Å². The lowest BCUT2D eigenvalue weighted by molar-refractivity contribution is -0.139. The zero-order valence-corrected chi connectivity index (χ0v) is 63.4. The van der Waals surface area contributed by atoms with Gasteiger partial charge in [-0.15, -0.1) is 0 Å². The lowest BCUT2D eigenvalue weighted by Crippen LogP contribution is -2.55. The van der Waals surface area contributed by atoms with Gasteiger partial charge in [-0.2, -0.15) is 0 Å². The number of amides is 4. The number of hydrogen-bond acceptors (Lipinski definition) is 32. The van der Waals surface area contributed by atoms with Crippen molar-refractivity contribution in [3.8, 4) is 5.75 Å². The van der Waals surface area contributed by atoms with Gasteiger partial charge in [0.2, 0.25) is 23.6 Å². The molecule has 4 fully saturated rings. The van der Waals surface area contributed by atoms with E-state index in [2.05, 4.69) is 50.8 Å². The van der Waals surface area contributed by atoms with Gasteiger partial charge in [0.1, 0.15) is 88.1 Å². The largest absolute Gasteiger partial charge is 0.506 e. The van der Waals surface area contributed by atoms with E-state index >= 15 is 0 Å². The van der Waals surface area contributed by atoms with Crippen molar-refractivity contribution in [2.75, 3.05) is 56.0 Å². The summed E-state index contributed by atoms with van der Waals surface area (Å²) in [6.07, 6.45) is 6.24. The summed E-state index contributed by atoms with van der Waals surface area (Å²) in [6.45, 7) is 3.75. The Labute approximate surface area is 657 Å². The van der Waals surface area contributed by atoms with E-state index in [0.29, 0.717) is 69.7 Å². The first-order chi connectivity index (χ1) is 55.2. The Morgan fingerprint density at radius 3 is 1.43 bits per heavy atom. The molecule has 9 aromatic rings. The van der Waals surface area contributed by atoms with Crippen LogP contribution in [-0.2, 0) is 44.7 Å². The number of aromatic nitrogens is 11. The van der Waals surface area contributed by atoms with Crippen molar-refractivity contribution >= 4 is 90.8 Å². The van der Waals surface area contributed by atoms with E-state index in [-0.39, 0.29) is 47.8 Å². The number of anilines is 4. The van der Waals surface area contributed by atoms with E-state index in [1.807, 2.05) is 26.8 Å². The second kappa shape index (κ2) is 39.5. The number of alkyl halides is 1. The summed E-state index contributed by atoms with van der Waals surface area (Å²) in [7, 11) is 0. The summed E-state index contributed by atoms with van der Waals surface area (Å²) < 4.78 is 55.6. The third kappa shape index (κ3) is 19.1. The van der Waals surface area contributed by atoms with Gasteiger partial charge in [0.15, 0.2) is 36.2 Å². The Bertz CT molecular complexity index is 4720. The predicted octanol–water partition coefficient (Wildman–Crippen LogP) is -1.79. The number of nitrogens with zero attached hydrogens (tertiary/aromatic N) is 12. The summed E-state index contributed by atoms with van der Waals surface area (Å²) >= 11 is 0. The number of aromatic hydroxyl groups is 1. The molecule has 4 saturated heterocycles. The van der Waals surface area contributed by atoms with Crippen molar-refractivity contribution in [3.63, 3.8) is 0 Å². The Hall–Kier alpha value is -10.1. The van der Waals surface area contributed by atoms with Gasteiger partial charge in [0.25, 0.3) is 0 Å². The van der Waals surface area contributed by atoms with E-state index < -0.39 is 179 Å². The number of aliphatic hydroxyl groups excluding tert-OH is 8. The van der Waals surface area contributed by atoms with E-state index in [0.717, 1.165) is 31.2 Å². The molecular formula is C73H103F2N23O17.